The van der Waals surface area contributed by atoms with Gasteiger partial charge in [-0.05, 0) is 18.8 Å². The van der Waals surface area contributed by atoms with E-state index in [1.807, 2.05) is 6.92 Å². The topological polar surface area (TPSA) is 101 Å². The van der Waals surface area contributed by atoms with Crippen LogP contribution in [0.25, 0.3) is 0 Å². The van der Waals surface area contributed by atoms with Crippen molar-refractivity contribution >= 4 is 5.97 Å². The number of ether oxygens (including phenoxy) is 1. The molecule has 7 heteroatoms. The molecule has 0 aliphatic carbocycles. The Balaban J connectivity index is 2.13. The Morgan fingerprint density at radius 1 is 1.53 bits per heavy atom. The lowest BCUT2D eigenvalue weighted by Crippen LogP contribution is -2.33. The summed E-state index contributed by atoms with van der Waals surface area (Å²) in [4.78, 5) is 11.4. The van der Waals surface area contributed by atoms with E-state index in [0.717, 1.165) is 12.8 Å². The van der Waals surface area contributed by atoms with Crippen molar-refractivity contribution in [2.75, 3.05) is 13.2 Å². The zero-order valence-electron chi connectivity index (χ0n) is 9.67. The van der Waals surface area contributed by atoms with Crippen molar-refractivity contribution in [2.45, 2.75) is 25.7 Å². The molecular weight excluding hydrogens is 224 g/mol. The summed E-state index contributed by atoms with van der Waals surface area (Å²) in [5.74, 6) is -0.932. The number of nitrogens with one attached hydrogen (secondary N) is 1. The molecule has 0 amide bonds. The summed E-state index contributed by atoms with van der Waals surface area (Å²) in [5.41, 5.74) is 0. The Morgan fingerprint density at radius 3 is 2.76 bits per heavy atom. The van der Waals surface area contributed by atoms with Crippen LogP contribution in [0.15, 0.2) is 0 Å². The molecule has 0 aromatic carbocycles. The highest BCUT2D eigenvalue weighted by molar-refractivity contribution is 5.71. The summed E-state index contributed by atoms with van der Waals surface area (Å²) in [5, 5.41) is 22.9. The zero-order valence-corrected chi connectivity index (χ0v) is 9.67. The molecule has 1 aliphatic rings. The second-order valence-corrected chi connectivity index (χ2v) is 4.37. The lowest BCUT2D eigenvalue weighted by Gasteiger charge is -2.30. The second-order valence-electron chi connectivity index (χ2n) is 4.37. The number of H-pyrrole nitrogens is 1. The third-order valence-electron chi connectivity index (χ3n) is 3.37. The maximum absolute atomic E-state index is 11.4. The number of rotatable bonds is 4. The number of carbonyl (C=O) groups is 1. The molecule has 2 atom stereocenters. The predicted octanol–water partition coefficient (Wildman–Crippen LogP) is 0.431. The number of aromatic nitrogens is 4. The van der Waals surface area contributed by atoms with Crippen molar-refractivity contribution in [3.63, 3.8) is 0 Å². The summed E-state index contributed by atoms with van der Waals surface area (Å²) >= 11 is 0. The van der Waals surface area contributed by atoms with Crippen LogP contribution in [0.3, 0.4) is 0 Å². The fourth-order valence-corrected chi connectivity index (χ4v) is 2.42. The molecule has 2 heterocycles. The SMILES string of the molecule is CC(c1nn[nH]n1)C(C(=O)O)C1CCOCC1. The summed E-state index contributed by atoms with van der Waals surface area (Å²) in [6.07, 6.45) is 1.55. The Bertz CT molecular complexity index is 362. The van der Waals surface area contributed by atoms with E-state index >= 15 is 0 Å². The second kappa shape index (κ2) is 5.22. The minimum absolute atomic E-state index is 0.120. The van der Waals surface area contributed by atoms with E-state index in [1.54, 1.807) is 0 Å². The lowest BCUT2D eigenvalue weighted by atomic mass is 9.78. The molecule has 2 rings (SSSR count). The summed E-state index contributed by atoms with van der Waals surface area (Å²) in [6, 6.07) is 0. The van der Waals surface area contributed by atoms with Gasteiger partial charge in [0.2, 0.25) is 0 Å². The molecule has 0 bridgehead atoms. The molecule has 0 saturated carbocycles. The van der Waals surface area contributed by atoms with E-state index in [1.165, 1.54) is 0 Å². The average Bonchev–Trinajstić information content (AvgIpc) is 2.83. The van der Waals surface area contributed by atoms with Gasteiger partial charge in [0, 0.05) is 19.1 Å². The van der Waals surface area contributed by atoms with Crippen molar-refractivity contribution in [2.24, 2.45) is 11.8 Å². The van der Waals surface area contributed by atoms with Gasteiger partial charge in [-0.1, -0.05) is 12.1 Å². The van der Waals surface area contributed by atoms with E-state index in [9.17, 15) is 9.90 Å². The Labute approximate surface area is 98.6 Å². The molecule has 7 nitrogen and oxygen atoms in total. The highest BCUT2D eigenvalue weighted by Crippen LogP contribution is 2.33. The van der Waals surface area contributed by atoms with Crippen molar-refractivity contribution < 1.29 is 14.6 Å². The van der Waals surface area contributed by atoms with Gasteiger partial charge in [0.1, 0.15) is 0 Å². The average molecular weight is 240 g/mol. The van der Waals surface area contributed by atoms with Gasteiger partial charge in [0.25, 0.3) is 0 Å². The highest BCUT2D eigenvalue weighted by atomic mass is 16.5. The van der Waals surface area contributed by atoms with Crippen LogP contribution in [-0.4, -0.2) is 44.9 Å². The molecular formula is C10H16N4O3. The van der Waals surface area contributed by atoms with Gasteiger partial charge in [-0.2, -0.15) is 5.21 Å². The van der Waals surface area contributed by atoms with Gasteiger partial charge in [0.05, 0.1) is 5.92 Å². The maximum atomic E-state index is 11.4. The summed E-state index contributed by atoms with van der Waals surface area (Å²) in [6.45, 7) is 3.10. The molecule has 1 aromatic rings. The van der Waals surface area contributed by atoms with Crippen LogP contribution >= 0.6 is 0 Å². The minimum atomic E-state index is -0.797. The maximum Gasteiger partial charge on any atom is 0.307 e. The van der Waals surface area contributed by atoms with E-state index in [4.69, 9.17) is 4.74 Å². The highest BCUT2D eigenvalue weighted by Gasteiger charge is 2.36. The van der Waals surface area contributed by atoms with Crippen molar-refractivity contribution in [3.8, 4) is 0 Å². The van der Waals surface area contributed by atoms with Crippen LogP contribution < -0.4 is 0 Å². The summed E-state index contributed by atoms with van der Waals surface area (Å²) in [7, 11) is 0. The van der Waals surface area contributed by atoms with Crippen LogP contribution in [0, 0.1) is 11.8 Å². The van der Waals surface area contributed by atoms with Crippen LogP contribution in [0.2, 0.25) is 0 Å². The fourth-order valence-electron chi connectivity index (χ4n) is 2.42. The quantitative estimate of drug-likeness (QED) is 0.791. The fraction of sp³-hybridized carbons (Fsp3) is 0.800. The van der Waals surface area contributed by atoms with Crippen molar-refractivity contribution in [3.05, 3.63) is 5.82 Å². The first kappa shape index (κ1) is 12.0. The predicted molar refractivity (Wildman–Crippen MR) is 57.3 cm³/mol. The number of aromatic amines is 1. The van der Waals surface area contributed by atoms with Crippen molar-refractivity contribution in [1.82, 2.24) is 20.6 Å². The van der Waals surface area contributed by atoms with E-state index < -0.39 is 11.9 Å². The first-order valence-electron chi connectivity index (χ1n) is 5.74. The number of nitrogens with zero attached hydrogens (tertiary/aromatic N) is 3. The third kappa shape index (κ3) is 2.60. The van der Waals surface area contributed by atoms with Gasteiger partial charge in [-0.15, -0.1) is 10.2 Å². The third-order valence-corrected chi connectivity index (χ3v) is 3.37. The number of carboxylic acid groups (broad SMARTS) is 1. The van der Waals surface area contributed by atoms with Crippen LogP contribution in [0.5, 0.6) is 0 Å². The lowest BCUT2D eigenvalue weighted by molar-refractivity contribution is -0.146. The van der Waals surface area contributed by atoms with Gasteiger partial charge in [-0.3, -0.25) is 4.79 Å². The van der Waals surface area contributed by atoms with E-state index in [2.05, 4.69) is 20.6 Å². The van der Waals surface area contributed by atoms with Gasteiger partial charge >= 0.3 is 5.97 Å². The number of carboxylic acids is 1. The molecule has 1 aliphatic heterocycles. The smallest absolute Gasteiger partial charge is 0.307 e. The van der Waals surface area contributed by atoms with Crippen LogP contribution in [0.4, 0.5) is 0 Å². The van der Waals surface area contributed by atoms with E-state index in [-0.39, 0.29) is 11.8 Å². The molecule has 2 unspecified atom stereocenters. The molecule has 17 heavy (non-hydrogen) atoms. The van der Waals surface area contributed by atoms with Crippen molar-refractivity contribution in [1.29, 1.82) is 0 Å². The standard InChI is InChI=1S/C10H16N4O3/c1-6(9-11-13-14-12-9)8(10(15)16)7-2-4-17-5-3-7/h6-8H,2-5H2,1H3,(H,15,16)(H,11,12,13,14). The number of hydrogen-bond donors (Lipinski definition) is 2. The van der Waals surface area contributed by atoms with Gasteiger partial charge < -0.3 is 9.84 Å². The first-order chi connectivity index (χ1) is 8.20. The Morgan fingerprint density at radius 2 is 2.24 bits per heavy atom. The van der Waals surface area contributed by atoms with E-state index in [0.29, 0.717) is 19.0 Å². The Hall–Kier alpha value is -1.50. The molecule has 1 fully saturated rings. The van der Waals surface area contributed by atoms with Gasteiger partial charge in [0.15, 0.2) is 5.82 Å². The number of hydrogen-bond acceptors (Lipinski definition) is 5. The molecule has 94 valence electrons. The van der Waals surface area contributed by atoms with Gasteiger partial charge in [-0.25, -0.2) is 0 Å². The summed E-state index contributed by atoms with van der Waals surface area (Å²) < 4.78 is 5.26. The Kier molecular flexibility index (Phi) is 3.68. The monoisotopic (exact) mass is 240 g/mol. The number of tetrazole rings is 1. The number of aliphatic carboxylic acids is 1. The van der Waals surface area contributed by atoms with Crippen LogP contribution in [0.1, 0.15) is 31.5 Å². The first-order valence-corrected chi connectivity index (χ1v) is 5.74. The molecule has 0 radical (unpaired) electrons. The molecule has 1 aromatic heterocycles. The van der Waals surface area contributed by atoms with Crippen LogP contribution in [-0.2, 0) is 9.53 Å². The zero-order chi connectivity index (χ0) is 12.3. The molecule has 2 N–H and O–H groups in total. The normalized spacial score (nSPS) is 21.0. The minimum Gasteiger partial charge on any atom is -0.481 e. The molecule has 1 saturated heterocycles. The largest absolute Gasteiger partial charge is 0.481 e. The molecule has 0 spiro atoms.